The van der Waals surface area contributed by atoms with Crippen molar-refractivity contribution in [1.82, 2.24) is 10.2 Å². The second-order valence-corrected chi connectivity index (χ2v) is 5.29. The van der Waals surface area contributed by atoms with Crippen LogP contribution in [0.2, 0.25) is 0 Å². The number of likely N-dealkylation sites (N-methyl/N-ethyl adjacent to an activating group) is 1. The lowest BCUT2D eigenvalue weighted by atomic mass is 9.99. The average Bonchev–Trinajstić information content (AvgIpc) is 2.42. The Morgan fingerprint density at radius 3 is 2.74 bits per heavy atom. The van der Waals surface area contributed by atoms with E-state index < -0.39 is 0 Å². The molecule has 0 aliphatic carbocycles. The molecule has 1 aromatic rings. The quantitative estimate of drug-likeness (QED) is 0.904. The van der Waals surface area contributed by atoms with Crippen LogP contribution in [0.5, 0.6) is 0 Å². The summed E-state index contributed by atoms with van der Waals surface area (Å²) in [6.07, 6.45) is -0.0157. The summed E-state index contributed by atoms with van der Waals surface area (Å²) in [6, 6.07) is 7.29. The number of halogens is 1. The Balaban J connectivity index is 2.16. The van der Waals surface area contributed by atoms with E-state index in [-0.39, 0.29) is 18.0 Å². The molecule has 0 spiro atoms. The van der Waals surface area contributed by atoms with Gasteiger partial charge in [0.15, 0.2) is 0 Å². The third kappa shape index (κ3) is 3.32. The summed E-state index contributed by atoms with van der Waals surface area (Å²) in [6.45, 7) is 6.84. The first kappa shape index (κ1) is 14.4. The highest BCUT2D eigenvalue weighted by molar-refractivity contribution is 5.22. The van der Waals surface area contributed by atoms with Crippen LogP contribution in [0.4, 0.5) is 4.39 Å². The van der Waals surface area contributed by atoms with E-state index in [1.807, 2.05) is 19.2 Å². The maximum absolute atomic E-state index is 13.9. The molecule has 2 atom stereocenters. The summed E-state index contributed by atoms with van der Waals surface area (Å²) in [5.74, 6) is -0.174. The minimum Gasteiger partial charge on any atom is -0.374 e. The zero-order valence-corrected chi connectivity index (χ0v) is 11.9. The highest BCUT2D eigenvalue weighted by atomic mass is 19.1. The largest absolute Gasteiger partial charge is 0.374 e. The van der Waals surface area contributed by atoms with Gasteiger partial charge in [0.05, 0.1) is 18.8 Å². The number of nitrogens with one attached hydrogen (secondary N) is 1. The lowest BCUT2D eigenvalue weighted by molar-refractivity contribution is -0.0554. The number of hydrogen-bond donors (Lipinski definition) is 1. The summed E-state index contributed by atoms with van der Waals surface area (Å²) in [5, 5.41) is 3.20. The molecule has 1 fully saturated rings. The normalized spacial score (nSPS) is 22.7. The van der Waals surface area contributed by atoms with Gasteiger partial charge in [-0.25, -0.2) is 4.39 Å². The maximum Gasteiger partial charge on any atom is 0.128 e. The van der Waals surface area contributed by atoms with E-state index in [4.69, 9.17) is 4.74 Å². The van der Waals surface area contributed by atoms with Crippen molar-refractivity contribution in [3.63, 3.8) is 0 Å². The second-order valence-electron chi connectivity index (χ2n) is 5.29. The van der Waals surface area contributed by atoms with E-state index >= 15 is 0 Å². The molecule has 0 amide bonds. The third-order valence-corrected chi connectivity index (χ3v) is 3.78. The van der Waals surface area contributed by atoms with Crippen LogP contribution in [0.1, 0.15) is 25.5 Å². The third-order valence-electron chi connectivity index (χ3n) is 3.78. The lowest BCUT2D eigenvalue weighted by Gasteiger charge is -2.39. The smallest absolute Gasteiger partial charge is 0.128 e. The first-order valence-electron chi connectivity index (χ1n) is 6.90. The van der Waals surface area contributed by atoms with Crippen LogP contribution < -0.4 is 5.32 Å². The molecule has 19 heavy (non-hydrogen) atoms. The van der Waals surface area contributed by atoms with Crippen LogP contribution in [-0.2, 0) is 4.74 Å². The minimum absolute atomic E-state index is 0.0157. The van der Waals surface area contributed by atoms with Gasteiger partial charge in [0.1, 0.15) is 5.82 Å². The molecule has 2 rings (SSSR count). The summed E-state index contributed by atoms with van der Waals surface area (Å²) in [5.41, 5.74) is 0.681. The fourth-order valence-corrected chi connectivity index (χ4v) is 2.64. The number of nitrogens with zero attached hydrogens (tertiary/aromatic N) is 1. The van der Waals surface area contributed by atoms with Crippen LogP contribution in [0, 0.1) is 5.82 Å². The molecule has 1 aliphatic heterocycles. The molecule has 0 bridgehead atoms. The van der Waals surface area contributed by atoms with Gasteiger partial charge in [-0.05, 0) is 27.0 Å². The second kappa shape index (κ2) is 6.46. The molecule has 3 nitrogen and oxygen atoms in total. The van der Waals surface area contributed by atoms with Gasteiger partial charge in [0.25, 0.3) is 0 Å². The molecular weight excluding hydrogens is 243 g/mol. The highest BCUT2D eigenvalue weighted by Gasteiger charge is 2.30. The van der Waals surface area contributed by atoms with Gasteiger partial charge in [0, 0.05) is 24.7 Å². The van der Waals surface area contributed by atoms with Crippen LogP contribution >= 0.6 is 0 Å². The van der Waals surface area contributed by atoms with Crippen LogP contribution in [0.15, 0.2) is 24.3 Å². The van der Waals surface area contributed by atoms with Crippen molar-refractivity contribution in [3.8, 4) is 0 Å². The molecule has 106 valence electrons. The molecule has 0 saturated carbocycles. The van der Waals surface area contributed by atoms with Crippen molar-refractivity contribution in [2.75, 3.05) is 26.7 Å². The number of hydrogen-bond acceptors (Lipinski definition) is 3. The zero-order valence-electron chi connectivity index (χ0n) is 11.9. The maximum atomic E-state index is 13.9. The monoisotopic (exact) mass is 266 g/mol. The summed E-state index contributed by atoms with van der Waals surface area (Å²) >= 11 is 0. The van der Waals surface area contributed by atoms with E-state index in [9.17, 15) is 4.39 Å². The summed E-state index contributed by atoms with van der Waals surface area (Å²) in [4.78, 5) is 2.37. The van der Waals surface area contributed by atoms with Crippen molar-refractivity contribution in [2.24, 2.45) is 0 Å². The Hall–Kier alpha value is -0.970. The fraction of sp³-hybridized carbons (Fsp3) is 0.600. The Morgan fingerprint density at radius 2 is 2.11 bits per heavy atom. The Morgan fingerprint density at radius 1 is 1.37 bits per heavy atom. The first-order valence-corrected chi connectivity index (χ1v) is 6.90. The van der Waals surface area contributed by atoms with Crippen molar-refractivity contribution < 1.29 is 9.13 Å². The van der Waals surface area contributed by atoms with E-state index in [0.29, 0.717) is 18.2 Å². The summed E-state index contributed by atoms with van der Waals surface area (Å²) < 4.78 is 19.8. The van der Waals surface area contributed by atoms with Gasteiger partial charge in [-0.2, -0.15) is 0 Å². The molecular formula is C15H23FN2O. The van der Waals surface area contributed by atoms with Gasteiger partial charge in [-0.3, -0.25) is 4.90 Å². The van der Waals surface area contributed by atoms with Gasteiger partial charge >= 0.3 is 0 Å². The van der Waals surface area contributed by atoms with Crippen molar-refractivity contribution in [3.05, 3.63) is 35.6 Å². The molecule has 1 N–H and O–H groups in total. The molecule has 1 saturated heterocycles. The fourth-order valence-electron chi connectivity index (χ4n) is 2.64. The van der Waals surface area contributed by atoms with Gasteiger partial charge < -0.3 is 10.1 Å². The number of benzene rings is 1. The predicted octanol–water partition coefficient (Wildman–Crippen LogP) is 2.20. The molecule has 4 heteroatoms. The Labute approximate surface area is 114 Å². The molecule has 0 radical (unpaired) electrons. The topological polar surface area (TPSA) is 24.5 Å². The van der Waals surface area contributed by atoms with E-state index in [2.05, 4.69) is 24.1 Å². The SMILES string of the molecule is CNC(c1ccccc1F)C1CN(C(C)C)CCO1. The molecule has 1 aliphatic rings. The number of ether oxygens (including phenoxy) is 1. The van der Waals surface area contributed by atoms with Crippen molar-refractivity contribution in [2.45, 2.75) is 32.0 Å². The van der Waals surface area contributed by atoms with Crippen molar-refractivity contribution >= 4 is 0 Å². The van der Waals surface area contributed by atoms with Crippen LogP contribution in [0.25, 0.3) is 0 Å². The minimum atomic E-state index is -0.174. The van der Waals surface area contributed by atoms with Gasteiger partial charge in [0.2, 0.25) is 0 Å². The lowest BCUT2D eigenvalue weighted by Crippen LogP contribution is -2.50. The Bertz CT molecular complexity index is 411. The first-order chi connectivity index (χ1) is 9.13. The molecule has 2 unspecified atom stereocenters. The predicted molar refractivity (Wildman–Crippen MR) is 74.6 cm³/mol. The van der Waals surface area contributed by atoms with Gasteiger partial charge in [-0.15, -0.1) is 0 Å². The van der Waals surface area contributed by atoms with E-state index in [0.717, 1.165) is 13.1 Å². The van der Waals surface area contributed by atoms with Crippen LogP contribution in [-0.4, -0.2) is 43.8 Å². The molecule has 1 heterocycles. The molecule has 1 aromatic carbocycles. The molecule has 0 aromatic heterocycles. The highest BCUT2D eigenvalue weighted by Crippen LogP contribution is 2.25. The van der Waals surface area contributed by atoms with E-state index in [1.165, 1.54) is 6.07 Å². The van der Waals surface area contributed by atoms with Crippen LogP contribution in [0.3, 0.4) is 0 Å². The average molecular weight is 266 g/mol. The van der Waals surface area contributed by atoms with E-state index in [1.54, 1.807) is 6.07 Å². The standard InChI is InChI=1S/C15H23FN2O/c1-11(2)18-8-9-19-14(10-18)15(17-3)12-6-4-5-7-13(12)16/h4-7,11,14-15,17H,8-10H2,1-3H3. The zero-order chi connectivity index (χ0) is 13.8. The number of rotatable bonds is 4. The summed E-state index contributed by atoms with van der Waals surface area (Å²) in [7, 11) is 1.86. The van der Waals surface area contributed by atoms with Crippen molar-refractivity contribution in [1.29, 1.82) is 0 Å². The Kier molecular flexibility index (Phi) is 4.91. The van der Waals surface area contributed by atoms with Gasteiger partial charge in [-0.1, -0.05) is 18.2 Å². The number of morpholine rings is 1.